The standard InChI is InChI=1S/C19H21ClN2O/c1-13(9-15-11-22-18-8-3-2-7-17(15)18)21-12-19(23)14-5-4-6-16(20)10-14/h2-8,10-11,13,19,21-23H,9,12H2,1H3/t13-,19-/m0/s1. The van der Waals surface area contributed by atoms with E-state index in [0.29, 0.717) is 11.6 Å². The van der Waals surface area contributed by atoms with Crippen LogP contribution in [0.1, 0.15) is 24.2 Å². The monoisotopic (exact) mass is 328 g/mol. The second-order valence-electron chi connectivity index (χ2n) is 5.94. The normalized spacial score (nSPS) is 14.0. The van der Waals surface area contributed by atoms with Gasteiger partial charge in [-0.15, -0.1) is 0 Å². The molecule has 4 heteroatoms. The maximum absolute atomic E-state index is 10.3. The van der Waals surface area contributed by atoms with E-state index >= 15 is 0 Å². The number of halogens is 1. The van der Waals surface area contributed by atoms with Gasteiger partial charge in [-0.25, -0.2) is 0 Å². The highest BCUT2D eigenvalue weighted by Gasteiger charge is 2.12. The Morgan fingerprint density at radius 1 is 1.17 bits per heavy atom. The number of hydrogen-bond donors (Lipinski definition) is 3. The molecule has 0 aliphatic carbocycles. The average Bonchev–Trinajstić information content (AvgIpc) is 2.96. The Bertz CT molecular complexity index is 784. The van der Waals surface area contributed by atoms with E-state index in [4.69, 9.17) is 11.6 Å². The van der Waals surface area contributed by atoms with Crippen LogP contribution in [0.4, 0.5) is 0 Å². The lowest BCUT2D eigenvalue weighted by atomic mass is 10.1. The molecule has 0 amide bonds. The van der Waals surface area contributed by atoms with Crippen molar-refractivity contribution in [2.45, 2.75) is 25.5 Å². The largest absolute Gasteiger partial charge is 0.387 e. The smallest absolute Gasteiger partial charge is 0.0914 e. The van der Waals surface area contributed by atoms with Gasteiger partial charge in [-0.2, -0.15) is 0 Å². The summed E-state index contributed by atoms with van der Waals surface area (Å²) in [5.74, 6) is 0. The molecular formula is C19H21ClN2O. The Hall–Kier alpha value is -1.81. The maximum atomic E-state index is 10.3. The van der Waals surface area contributed by atoms with E-state index in [2.05, 4.69) is 41.6 Å². The number of para-hydroxylation sites is 1. The highest BCUT2D eigenvalue weighted by atomic mass is 35.5. The van der Waals surface area contributed by atoms with Crippen molar-refractivity contribution in [3.8, 4) is 0 Å². The van der Waals surface area contributed by atoms with Crippen LogP contribution < -0.4 is 5.32 Å². The molecule has 0 unspecified atom stereocenters. The molecule has 0 spiro atoms. The predicted molar refractivity (Wildman–Crippen MR) is 95.9 cm³/mol. The lowest BCUT2D eigenvalue weighted by Gasteiger charge is -2.17. The molecule has 1 aromatic heterocycles. The van der Waals surface area contributed by atoms with Crippen LogP contribution in [-0.2, 0) is 6.42 Å². The van der Waals surface area contributed by atoms with Gasteiger partial charge in [-0.3, -0.25) is 0 Å². The first-order valence-corrected chi connectivity index (χ1v) is 8.23. The number of fused-ring (bicyclic) bond motifs is 1. The van der Waals surface area contributed by atoms with E-state index < -0.39 is 6.10 Å². The molecule has 23 heavy (non-hydrogen) atoms. The van der Waals surface area contributed by atoms with Crippen molar-refractivity contribution in [3.05, 3.63) is 70.9 Å². The third kappa shape index (κ3) is 3.94. The van der Waals surface area contributed by atoms with Crippen LogP contribution in [0.2, 0.25) is 5.02 Å². The van der Waals surface area contributed by atoms with Gasteiger partial charge in [0.25, 0.3) is 0 Å². The number of aromatic nitrogens is 1. The Labute approximate surface area is 141 Å². The number of aliphatic hydroxyl groups is 1. The highest BCUT2D eigenvalue weighted by Crippen LogP contribution is 2.20. The van der Waals surface area contributed by atoms with Crippen LogP contribution in [0.3, 0.4) is 0 Å². The fourth-order valence-electron chi connectivity index (χ4n) is 2.85. The molecule has 1 heterocycles. The SMILES string of the molecule is C[C@@H](Cc1c[nH]c2ccccc12)NC[C@H](O)c1cccc(Cl)c1. The summed E-state index contributed by atoms with van der Waals surface area (Å²) in [6, 6.07) is 15.9. The summed E-state index contributed by atoms with van der Waals surface area (Å²) in [4.78, 5) is 3.30. The lowest BCUT2D eigenvalue weighted by Crippen LogP contribution is -2.32. The summed E-state index contributed by atoms with van der Waals surface area (Å²) in [6.07, 6.45) is 2.42. The molecule has 0 fully saturated rings. The van der Waals surface area contributed by atoms with Gasteiger partial charge in [0.15, 0.2) is 0 Å². The Kier molecular flexibility index (Phi) is 5.01. The van der Waals surface area contributed by atoms with Crippen LogP contribution >= 0.6 is 11.6 Å². The minimum absolute atomic E-state index is 0.267. The molecule has 2 aromatic carbocycles. The second kappa shape index (κ2) is 7.18. The molecule has 0 radical (unpaired) electrons. The molecule has 0 saturated carbocycles. The second-order valence-corrected chi connectivity index (χ2v) is 6.38. The molecular weight excluding hydrogens is 308 g/mol. The quantitative estimate of drug-likeness (QED) is 0.638. The van der Waals surface area contributed by atoms with Crippen molar-refractivity contribution in [2.24, 2.45) is 0 Å². The van der Waals surface area contributed by atoms with Crippen molar-refractivity contribution >= 4 is 22.5 Å². The zero-order chi connectivity index (χ0) is 16.2. The van der Waals surface area contributed by atoms with Crippen LogP contribution in [0.5, 0.6) is 0 Å². The minimum atomic E-state index is -0.556. The molecule has 2 atom stereocenters. The number of aliphatic hydroxyl groups excluding tert-OH is 1. The molecule has 3 nitrogen and oxygen atoms in total. The fraction of sp³-hybridized carbons (Fsp3) is 0.263. The van der Waals surface area contributed by atoms with E-state index in [1.54, 1.807) is 6.07 Å². The van der Waals surface area contributed by atoms with E-state index in [0.717, 1.165) is 17.5 Å². The van der Waals surface area contributed by atoms with Crippen molar-refractivity contribution in [2.75, 3.05) is 6.54 Å². The van der Waals surface area contributed by atoms with Gasteiger partial charge in [0.05, 0.1) is 6.10 Å². The minimum Gasteiger partial charge on any atom is -0.387 e. The summed E-state index contributed by atoms with van der Waals surface area (Å²) >= 11 is 5.97. The molecule has 3 N–H and O–H groups in total. The van der Waals surface area contributed by atoms with Crippen molar-refractivity contribution < 1.29 is 5.11 Å². The van der Waals surface area contributed by atoms with E-state index in [9.17, 15) is 5.11 Å². The Morgan fingerprint density at radius 2 is 2.00 bits per heavy atom. The van der Waals surface area contributed by atoms with E-state index in [1.165, 1.54) is 10.9 Å². The van der Waals surface area contributed by atoms with Gasteiger partial charge < -0.3 is 15.4 Å². The predicted octanol–water partition coefficient (Wildman–Crippen LogP) is 4.08. The highest BCUT2D eigenvalue weighted by molar-refractivity contribution is 6.30. The third-order valence-electron chi connectivity index (χ3n) is 4.09. The van der Waals surface area contributed by atoms with Crippen LogP contribution in [0.25, 0.3) is 10.9 Å². The Morgan fingerprint density at radius 3 is 2.83 bits per heavy atom. The molecule has 0 bridgehead atoms. The zero-order valence-corrected chi connectivity index (χ0v) is 13.8. The number of aromatic amines is 1. The maximum Gasteiger partial charge on any atom is 0.0914 e. The summed E-state index contributed by atoms with van der Waals surface area (Å²) < 4.78 is 0. The van der Waals surface area contributed by atoms with Gasteiger partial charge in [0.2, 0.25) is 0 Å². The van der Waals surface area contributed by atoms with Gasteiger partial charge >= 0.3 is 0 Å². The lowest BCUT2D eigenvalue weighted by molar-refractivity contribution is 0.170. The van der Waals surface area contributed by atoms with Crippen LogP contribution in [-0.4, -0.2) is 22.7 Å². The molecule has 3 aromatic rings. The fourth-order valence-corrected chi connectivity index (χ4v) is 3.05. The first-order valence-electron chi connectivity index (χ1n) is 7.85. The van der Waals surface area contributed by atoms with E-state index in [1.807, 2.05) is 24.3 Å². The van der Waals surface area contributed by atoms with Crippen LogP contribution in [0.15, 0.2) is 54.7 Å². The number of hydrogen-bond acceptors (Lipinski definition) is 2. The van der Waals surface area contributed by atoms with Crippen LogP contribution in [0, 0.1) is 0 Å². The summed E-state index contributed by atoms with van der Waals surface area (Å²) in [5.41, 5.74) is 3.29. The topological polar surface area (TPSA) is 48.0 Å². The molecule has 0 aliphatic rings. The van der Waals surface area contributed by atoms with Crippen molar-refractivity contribution in [1.82, 2.24) is 10.3 Å². The summed E-state index contributed by atoms with van der Waals surface area (Å²) in [6.45, 7) is 2.64. The summed E-state index contributed by atoms with van der Waals surface area (Å²) in [5, 5.41) is 15.6. The first kappa shape index (κ1) is 16.1. The summed E-state index contributed by atoms with van der Waals surface area (Å²) in [7, 11) is 0. The van der Waals surface area contributed by atoms with Crippen molar-refractivity contribution in [1.29, 1.82) is 0 Å². The first-order chi connectivity index (χ1) is 11.1. The Balaban J connectivity index is 1.58. The number of H-pyrrole nitrogens is 1. The molecule has 3 rings (SSSR count). The van der Waals surface area contributed by atoms with Gasteiger partial charge in [0.1, 0.15) is 0 Å². The third-order valence-corrected chi connectivity index (χ3v) is 4.33. The van der Waals surface area contributed by atoms with Gasteiger partial charge in [-0.05, 0) is 42.7 Å². The number of benzene rings is 2. The molecule has 0 saturated heterocycles. The van der Waals surface area contributed by atoms with Gasteiger partial charge in [0, 0.05) is 34.7 Å². The molecule has 120 valence electrons. The molecule has 0 aliphatic heterocycles. The number of rotatable bonds is 6. The zero-order valence-electron chi connectivity index (χ0n) is 13.1. The number of nitrogens with one attached hydrogen (secondary N) is 2. The van der Waals surface area contributed by atoms with Crippen molar-refractivity contribution in [3.63, 3.8) is 0 Å². The van der Waals surface area contributed by atoms with Gasteiger partial charge in [-0.1, -0.05) is 41.9 Å². The van der Waals surface area contributed by atoms with E-state index in [-0.39, 0.29) is 6.04 Å². The average molecular weight is 329 g/mol.